The molecule has 2 bridgehead atoms. The molecule has 0 amide bonds. The Morgan fingerprint density at radius 1 is 0.727 bits per heavy atom. The van der Waals surface area contributed by atoms with Gasteiger partial charge in [-0.3, -0.25) is 0 Å². The van der Waals surface area contributed by atoms with Crippen molar-refractivity contribution in [2.45, 2.75) is 104 Å². The molecule has 2 aromatic carbocycles. The zero-order valence-corrected chi connectivity index (χ0v) is 22.0. The summed E-state index contributed by atoms with van der Waals surface area (Å²) in [6.45, 7) is 18.2. The molecule has 2 aromatic rings. The minimum Gasteiger partial charge on any atom is -0.525 e. The Balaban J connectivity index is 1.71. The summed E-state index contributed by atoms with van der Waals surface area (Å²) < 4.78 is 14.0. The molecule has 0 N–H and O–H groups in total. The van der Waals surface area contributed by atoms with Gasteiger partial charge in [-0.1, -0.05) is 89.8 Å². The quantitative estimate of drug-likeness (QED) is 0.416. The maximum atomic E-state index is 7.02. The summed E-state index contributed by atoms with van der Waals surface area (Å²) in [5.74, 6) is 4.22. The van der Waals surface area contributed by atoms with E-state index in [0.717, 1.165) is 29.8 Å². The van der Waals surface area contributed by atoms with E-state index in [2.05, 4.69) is 79.7 Å². The fraction of sp³-hybridized carbons (Fsp3) is 0.600. The molecule has 0 spiro atoms. The number of benzene rings is 2. The highest BCUT2D eigenvalue weighted by Crippen LogP contribution is 2.54. The van der Waals surface area contributed by atoms with E-state index >= 15 is 0 Å². The Hall–Kier alpha value is -1.90. The van der Waals surface area contributed by atoms with Crippen LogP contribution in [0.3, 0.4) is 0 Å². The third kappa shape index (κ3) is 4.22. The Labute approximate surface area is 201 Å². The maximum absolute atomic E-state index is 7.02. The van der Waals surface area contributed by atoms with Gasteiger partial charge in [0.25, 0.3) is 0 Å². The van der Waals surface area contributed by atoms with Crippen LogP contribution in [0.2, 0.25) is 5.82 Å². The standard InChI is InChI=1S/C30H41BO2/c1-18-11-22-17-23-12-19(2)14-25(30(6,7)8)28(23)33-31(26-16-20-9-10-21(26)15-20)32-27(22)24(13-18)29(3,4)5/h11-14,20-21,26H,9-10,15-17H2,1-8H3. The van der Waals surface area contributed by atoms with Crippen molar-refractivity contribution in [3.63, 3.8) is 0 Å². The first-order valence-electron chi connectivity index (χ1n) is 13.0. The molecule has 2 nitrogen and oxygen atoms in total. The summed E-state index contributed by atoms with van der Waals surface area (Å²) in [5, 5.41) is 0. The first-order chi connectivity index (χ1) is 15.4. The van der Waals surface area contributed by atoms with Crippen LogP contribution in [0.15, 0.2) is 24.3 Å². The van der Waals surface area contributed by atoms with Gasteiger partial charge < -0.3 is 9.31 Å². The van der Waals surface area contributed by atoms with Crippen LogP contribution in [-0.2, 0) is 17.3 Å². The SMILES string of the molecule is Cc1cc2c(c(C(C)(C)C)c1)OB(C1CC3CCC1C3)Oc1c(cc(C)cc1C(C)(C)C)C2. The van der Waals surface area contributed by atoms with E-state index in [1.807, 2.05) is 0 Å². The number of hydrogen-bond acceptors (Lipinski definition) is 2. The molecular formula is C30H41BO2. The molecule has 5 rings (SSSR count). The molecule has 1 aliphatic heterocycles. The third-order valence-electron chi connectivity index (χ3n) is 8.23. The zero-order valence-electron chi connectivity index (χ0n) is 22.0. The molecular weight excluding hydrogens is 403 g/mol. The van der Waals surface area contributed by atoms with Crippen molar-refractivity contribution >= 4 is 7.12 Å². The zero-order chi connectivity index (χ0) is 23.7. The smallest absolute Gasteiger partial charge is 0.525 e. The van der Waals surface area contributed by atoms with E-state index in [9.17, 15) is 0 Å². The summed E-state index contributed by atoms with van der Waals surface area (Å²) in [7, 11) is -0.217. The van der Waals surface area contributed by atoms with Gasteiger partial charge in [0.1, 0.15) is 11.5 Å². The lowest BCUT2D eigenvalue weighted by Crippen LogP contribution is -2.40. The van der Waals surface area contributed by atoms with E-state index in [-0.39, 0.29) is 17.9 Å². The summed E-state index contributed by atoms with van der Waals surface area (Å²) in [4.78, 5) is 0. The summed E-state index contributed by atoms with van der Waals surface area (Å²) in [6.07, 6.45) is 6.17. The van der Waals surface area contributed by atoms with Gasteiger partial charge in [-0.15, -0.1) is 0 Å². The minimum atomic E-state index is -0.217. The van der Waals surface area contributed by atoms with Crippen LogP contribution in [0, 0.1) is 25.7 Å². The molecule has 3 unspecified atom stereocenters. The minimum absolute atomic E-state index is 0.0144. The van der Waals surface area contributed by atoms with Crippen molar-refractivity contribution < 1.29 is 9.31 Å². The molecule has 3 aliphatic rings. The van der Waals surface area contributed by atoms with Gasteiger partial charge in [0.2, 0.25) is 0 Å². The number of fused-ring (bicyclic) bond motifs is 4. The van der Waals surface area contributed by atoms with Gasteiger partial charge in [0.05, 0.1) is 0 Å². The van der Waals surface area contributed by atoms with Crippen LogP contribution in [0.5, 0.6) is 11.5 Å². The van der Waals surface area contributed by atoms with Gasteiger partial charge in [-0.05, 0) is 71.6 Å². The second kappa shape index (κ2) is 7.82. The molecule has 0 saturated heterocycles. The molecule has 33 heavy (non-hydrogen) atoms. The number of rotatable bonds is 1. The average molecular weight is 444 g/mol. The molecule has 0 radical (unpaired) electrons. The molecule has 3 heteroatoms. The van der Waals surface area contributed by atoms with Gasteiger partial charge in [0, 0.05) is 12.2 Å². The van der Waals surface area contributed by atoms with Crippen LogP contribution in [0.25, 0.3) is 0 Å². The highest BCUT2D eigenvalue weighted by molar-refractivity contribution is 6.48. The first-order valence-corrected chi connectivity index (χ1v) is 13.0. The normalized spacial score (nSPS) is 24.5. The van der Waals surface area contributed by atoms with E-state index < -0.39 is 0 Å². The lowest BCUT2D eigenvalue weighted by molar-refractivity contribution is 0.342. The van der Waals surface area contributed by atoms with Crippen LogP contribution < -0.4 is 9.31 Å². The van der Waals surface area contributed by atoms with Crippen LogP contribution >= 0.6 is 0 Å². The van der Waals surface area contributed by atoms with Crippen molar-refractivity contribution in [3.05, 3.63) is 57.6 Å². The second-order valence-corrected chi connectivity index (χ2v) is 13.2. The third-order valence-corrected chi connectivity index (χ3v) is 8.23. The van der Waals surface area contributed by atoms with E-state index in [1.165, 1.54) is 59.1 Å². The van der Waals surface area contributed by atoms with Crippen LogP contribution in [0.4, 0.5) is 0 Å². The highest BCUT2D eigenvalue weighted by Gasteiger charge is 2.51. The molecule has 0 aromatic heterocycles. The van der Waals surface area contributed by atoms with E-state index in [0.29, 0.717) is 5.82 Å². The average Bonchev–Trinajstić information content (AvgIpc) is 3.30. The molecule has 2 aliphatic carbocycles. The van der Waals surface area contributed by atoms with Gasteiger partial charge in [-0.25, -0.2) is 0 Å². The van der Waals surface area contributed by atoms with Crippen LogP contribution in [-0.4, -0.2) is 7.12 Å². The Bertz CT molecular complexity index is 1000. The van der Waals surface area contributed by atoms with Gasteiger partial charge in [-0.2, -0.15) is 0 Å². The Morgan fingerprint density at radius 3 is 1.64 bits per heavy atom. The van der Waals surface area contributed by atoms with Crippen LogP contribution in [0.1, 0.15) is 101 Å². The lowest BCUT2D eigenvalue weighted by atomic mass is 9.62. The maximum Gasteiger partial charge on any atom is 0.598 e. The number of aryl methyl sites for hydroxylation is 2. The lowest BCUT2D eigenvalue weighted by Gasteiger charge is -2.35. The van der Waals surface area contributed by atoms with Gasteiger partial charge in [0.15, 0.2) is 0 Å². The van der Waals surface area contributed by atoms with Crippen molar-refractivity contribution in [1.82, 2.24) is 0 Å². The monoisotopic (exact) mass is 444 g/mol. The highest BCUT2D eigenvalue weighted by atomic mass is 16.6. The van der Waals surface area contributed by atoms with Crippen molar-refractivity contribution in [1.29, 1.82) is 0 Å². The first kappa shape index (κ1) is 22.9. The van der Waals surface area contributed by atoms with Crippen molar-refractivity contribution in [2.24, 2.45) is 11.8 Å². The number of hydrogen-bond donors (Lipinski definition) is 0. The molecule has 3 atom stereocenters. The molecule has 2 fully saturated rings. The second-order valence-electron chi connectivity index (χ2n) is 13.2. The summed E-state index contributed by atoms with van der Waals surface area (Å²) in [5.41, 5.74) is 7.88. The Kier molecular flexibility index (Phi) is 5.42. The summed E-state index contributed by atoms with van der Waals surface area (Å²) >= 11 is 0. The predicted octanol–water partition coefficient (Wildman–Crippen LogP) is 7.94. The predicted molar refractivity (Wildman–Crippen MR) is 139 cm³/mol. The largest absolute Gasteiger partial charge is 0.598 e. The molecule has 176 valence electrons. The Morgan fingerprint density at radius 2 is 1.24 bits per heavy atom. The van der Waals surface area contributed by atoms with Crippen molar-refractivity contribution in [2.75, 3.05) is 0 Å². The van der Waals surface area contributed by atoms with E-state index in [1.54, 1.807) is 0 Å². The van der Waals surface area contributed by atoms with E-state index in [4.69, 9.17) is 9.31 Å². The fourth-order valence-corrected chi connectivity index (χ4v) is 6.62. The fourth-order valence-electron chi connectivity index (χ4n) is 6.62. The van der Waals surface area contributed by atoms with Crippen molar-refractivity contribution in [3.8, 4) is 11.5 Å². The molecule has 1 heterocycles. The molecule has 2 saturated carbocycles. The summed E-state index contributed by atoms with van der Waals surface area (Å²) in [6, 6.07) is 9.35. The topological polar surface area (TPSA) is 18.5 Å². The van der Waals surface area contributed by atoms with Gasteiger partial charge >= 0.3 is 7.12 Å².